The van der Waals surface area contributed by atoms with Crippen LogP contribution in [0.4, 0.5) is 4.39 Å². The molecule has 4 heteroatoms. The molecule has 1 saturated heterocycles. The van der Waals surface area contributed by atoms with Crippen LogP contribution in [0.25, 0.3) is 0 Å². The summed E-state index contributed by atoms with van der Waals surface area (Å²) in [5, 5.41) is 0. The molecule has 0 amide bonds. The SMILES string of the molecule is COc1ccc(C2CC(N)CN(Cc3cccc(F)c3)C2)cc1. The molecule has 0 aromatic heterocycles. The van der Waals surface area contributed by atoms with Crippen LogP contribution in [0.2, 0.25) is 0 Å². The third kappa shape index (κ3) is 4.09. The molecule has 2 aromatic carbocycles. The van der Waals surface area contributed by atoms with Gasteiger partial charge in [0.25, 0.3) is 0 Å². The van der Waals surface area contributed by atoms with Crippen molar-refractivity contribution in [3.63, 3.8) is 0 Å². The molecule has 0 radical (unpaired) electrons. The Kier molecular flexibility index (Phi) is 4.94. The fourth-order valence-corrected chi connectivity index (χ4v) is 3.37. The van der Waals surface area contributed by atoms with Crippen LogP contribution in [0.15, 0.2) is 48.5 Å². The summed E-state index contributed by atoms with van der Waals surface area (Å²) < 4.78 is 18.6. The molecule has 3 rings (SSSR count). The molecule has 0 aliphatic carbocycles. The number of hydrogen-bond donors (Lipinski definition) is 1. The average molecular weight is 314 g/mol. The van der Waals surface area contributed by atoms with Gasteiger partial charge in [0.2, 0.25) is 0 Å². The number of rotatable bonds is 4. The van der Waals surface area contributed by atoms with E-state index in [-0.39, 0.29) is 11.9 Å². The Morgan fingerprint density at radius 2 is 1.96 bits per heavy atom. The third-order valence-corrected chi connectivity index (χ3v) is 4.44. The second kappa shape index (κ2) is 7.11. The first-order valence-corrected chi connectivity index (χ1v) is 8.00. The van der Waals surface area contributed by atoms with Gasteiger partial charge in [0.1, 0.15) is 11.6 Å². The normalized spacial score (nSPS) is 22.0. The molecular formula is C19H23FN2O. The number of piperidine rings is 1. The lowest BCUT2D eigenvalue weighted by Gasteiger charge is -2.36. The highest BCUT2D eigenvalue weighted by atomic mass is 19.1. The lowest BCUT2D eigenvalue weighted by Crippen LogP contribution is -2.45. The molecule has 2 aromatic rings. The van der Waals surface area contributed by atoms with Crippen LogP contribution in [0.1, 0.15) is 23.5 Å². The van der Waals surface area contributed by atoms with Crippen LogP contribution in [-0.2, 0) is 6.54 Å². The van der Waals surface area contributed by atoms with Gasteiger partial charge in [0, 0.05) is 25.7 Å². The molecule has 1 aliphatic heterocycles. The third-order valence-electron chi connectivity index (χ3n) is 4.44. The molecule has 23 heavy (non-hydrogen) atoms. The lowest BCUT2D eigenvalue weighted by molar-refractivity contribution is 0.181. The van der Waals surface area contributed by atoms with Gasteiger partial charge in [0.05, 0.1) is 7.11 Å². The minimum atomic E-state index is -0.185. The Bertz CT molecular complexity index is 644. The highest BCUT2D eigenvalue weighted by molar-refractivity contribution is 5.30. The van der Waals surface area contributed by atoms with E-state index in [0.29, 0.717) is 5.92 Å². The number of ether oxygens (including phenoxy) is 1. The number of nitrogens with two attached hydrogens (primary N) is 1. The summed E-state index contributed by atoms with van der Waals surface area (Å²) >= 11 is 0. The highest BCUT2D eigenvalue weighted by Crippen LogP contribution is 2.28. The molecule has 0 bridgehead atoms. The van der Waals surface area contributed by atoms with E-state index in [2.05, 4.69) is 17.0 Å². The van der Waals surface area contributed by atoms with Crippen molar-refractivity contribution in [3.05, 3.63) is 65.5 Å². The summed E-state index contributed by atoms with van der Waals surface area (Å²) in [6, 6.07) is 15.2. The molecule has 2 N–H and O–H groups in total. The zero-order chi connectivity index (χ0) is 16.2. The molecule has 122 valence electrons. The van der Waals surface area contributed by atoms with Crippen molar-refractivity contribution in [1.29, 1.82) is 0 Å². The fraction of sp³-hybridized carbons (Fsp3) is 0.368. The second-order valence-corrected chi connectivity index (χ2v) is 6.29. The Morgan fingerprint density at radius 1 is 1.17 bits per heavy atom. The van der Waals surface area contributed by atoms with Crippen LogP contribution in [0.5, 0.6) is 5.75 Å². The highest BCUT2D eigenvalue weighted by Gasteiger charge is 2.26. The fourth-order valence-electron chi connectivity index (χ4n) is 3.37. The smallest absolute Gasteiger partial charge is 0.123 e. The van der Waals surface area contributed by atoms with E-state index in [9.17, 15) is 4.39 Å². The number of methoxy groups -OCH3 is 1. The Morgan fingerprint density at radius 3 is 2.65 bits per heavy atom. The van der Waals surface area contributed by atoms with Crippen LogP contribution < -0.4 is 10.5 Å². The van der Waals surface area contributed by atoms with E-state index in [1.54, 1.807) is 19.2 Å². The Balaban J connectivity index is 1.70. The summed E-state index contributed by atoms with van der Waals surface area (Å²) in [6.45, 7) is 2.53. The maximum atomic E-state index is 13.4. The minimum absolute atomic E-state index is 0.143. The number of halogens is 1. The van der Waals surface area contributed by atoms with Gasteiger partial charge in [-0.2, -0.15) is 0 Å². The molecule has 3 nitrogen and oxygen atoms in total. The zero-order valence-corrected chi connectivity index (χ0v) is 13.4. The summed E-state index contributed by atoms with van der Waals surface area (Å²) in [5.41, 5.74) is 8.53. The van der Waals surface area contributed by atoms with Crippen LogP contribution >= 0.6 is 0 Å². The molecule has 1 fully saturated rings. The van der Waals surface area contributed by atoms with Crippen molar-refractivity contribution in [3.8, 4) is 5.75 Å². The quantitative estimate of drug-likeness (QED) is 0.942. The van der Waals surface area contributed by atoms with Crippen molar-refractivity contribution in [2.45, 2.75) is 24.9 Å². The predicted molar refractivity (Wildman–Crippen MR) is 90.0 cm³/mol. The Hall–Kier alpha value is -1.91. The van der Waals surface area contributed by atoms with Gasteiger partial charge in [-0.15, -0.1) is 0 Å². The van der Waals surface area contributed by atoms with E-state index >= 15 is 0 Å². The maximum absolute atomic E-state index is 13.4. The van der Waals surface area contributed by atoms with Gasteiger partial charge < -0.3 is 10.5 Å². The maximum Gasteiger partial charge on any atom is 0.123 e. The predicted octanol–water partition coefficient (Wildman–Crippen LogP) is 3.15. The van der Waals surface area contributed by atoms with Crippen LogP contribution in [0, 0.1) is 5.82 Å². The van der Waals surface area contributed by atoms with Crippen molar-refractivity contribution < 1.29 is 9.13 Å². The van der Waals surface area contributed by atoms with E-state index < -0.39 is 0 Å². The lowest BCUT2D eigenvalue weighted by atomic mass is 9.88. The Labute approximate surface area is 136 Å². The van der Waals surface area contributed by atoms with E-state index in [1.807, 2.05) is 18.2 Å². The zero-order valence-electron chi connectivity index (χ0n) is 13.4. The van der Waals surface area contributed by atoms with Gasteiger partial charge in [-0.05, 0) is 47.7 Å². The molecule has 0 spiro atoms. The monoisotopic (exact) mass is 314 g/mol. The summed E-state index contributed by atoms with van der Waals surface area (Å²) in [5.74, 6) is 1.08. The van der Waals surface area contributed by atoms with Crippen molar-refractivity contribution >= 4 is 0 Å². The van der Waals surface area contributed by atoms with E-state index in [0.717, 1.165) is 37.4 Å². The number of nitrogens with zero attached hydrogens (tertiary/aromatic N) is 1. The number of likely N-dealkylation sites (tertiary alicyclic amines) is 1. The minimum Gasteiger partial charge on any atom is -0.497 e. The molecule has 1 heterocycles. The number of benzene rings is 2. The van der Waals surface area contributed by atoms with Gasteiger partial charge in [-0.3, -0.25) is 4.90 Å². The summed E-state index contributed by atoms with van der Waals surface area (Å²) in [6.07, 6.45) is 0.978. The summed E-state index contributed by atoms with van der Waals surface area (Å²) in [4.78, 5) is 2.32. The topological polar surface area (TPSA) is 38.5 Å². The first-order chi connectivity index (χ1) is 11.1. The molecular weight excluding hydrogens is 291 g/mol. The first-order valence-electron chi connectivity index (χ1n) is 8.00. The van der Waals surface area contributed by atoms with E-state index in [4.69, 9.17) is 10.5 Å². The van der Waals surface area contributed by atoms with Gasteiger partial charge in [-0.25, -0.2) is 4.39 Å². The van der Waals surface area contributed by atoms with Crippen LogP contribution in [0.3, 0.4) is 0 Å². The van der Waals surface area contributed by atoms with Crippen molar-refractivity contribution in [2.24, 2.45) is 5.73 Å². The molecule has 2 atom stereocenters. The van der Waals surface area contributed by atoms with Gasteiger partial charge in [-0.1, -0.05) is 24.3 Å². The van der Waals surface area contributed by atoms with Crippen molar-refractivity contribution in [2.75, 3.05) is 20.2 Å². The number of hydrogen-bond acceptors (Lipinski definition) is 3. The average Bonchev–Trinajstić information content (AvgIpc) is 2.54. The molecule has 2 unspecified atom stereocenters. The van der Waals surface area contributed by atoms with Crippen LogP contribution in [-0.4, -0.2) is 31.1 Å². The van der Waals surface area contributed by atoms with E-state index in [1.165, 1.54) is 11.6 Å². The second-order valence-electron chi connectivity index (χ2n) is 6.29. The molecule has 1 aliphatic rings. The molecule has 0 saturated carbocycles. The van der Waals surface area contributed by atoms with Crippen molar-refractivity contribution in [1.82, 2.24) is 4.90 Å². The van der Waals surface area contributed by atoms with Gasteiger partial charge >= 0.3 is 0 Å². The van der Waals surface area contributed by atoms with Gasteiger partial charge in [0.15, 0.2) is 0 Å². The summed E-state index contributed by atoms with van der Waals surface area (Å²) in [7, 11) is 1.67. The largest absolute Gasteiger partial charge is 0.497 e. The standard InChI is InChI=1S/C19H23FN2O/c1-23-19-7-5-15(6-8-19)16-10-18(21)13-22(12-16)11-14-3-2-4-17(20)9-14/h2-9,16,18H,10-13,21H2,1H3. The first kappa shape index (κ1) is 16.0.